The quantitative estimate of drug-likeness (QED) is 0.844. The molecule has 1 heterocycles. The van der Waals surface area contributed by atoms with Crippen molar-refractivity contribution in [3.8, 4) is 11.5 Å². The van der Waals surface area contributed by atoms with Crippen LogP contribution in [0.3, 0.4) is 0 Å². The Labute approximate surface area is 125 Å². The van der Waals surface area contributed by atoms with Crippen LogP contribution in [0.2, 0.25) is 0 Å². The molecule has 1 aliphatic heterocycles. The Bertz CT molecular complexity index is 483. The second kappa shape index (κ2) is 7.31. The summed E-state index contributed by atoms with van der Waals surface area (Å²) in [6.45, 7) is 4.06. The fraction of sp³-hybridized carbons (Fsp3) is 0.562. The maximum absolute atomic E-state index is 11.9. The van der Waals surface area contributed by atoms with Gasteiger partial charge in [-0.25, -0.2) is 4.79 Å². The number of hydrogen-bond acceptors (Lipinski definition) is 5. The largest absolute Gasteiger partial charge is 0.493 e. The molecule has 0 bridgehead atoms. The van der Waals surface area contributed by atoms with E-state index in [1.165, 1.54) is 7.11 Å². The molecule has 1 fully saturated rings. The SMILES string of the molecule is COC(=O)c1cccc(OC)c1OC(C)C1CCNCC1. The molecule has 0 radical (unpaired) electrons. The molecule has 1 saturated heterocycles. The van der Waals surface area contributed by atoms with Crippen LogP contribution in [0, 0.1) is 5.92 Å². The highest BCUT2D eigenvalue weighted by Crippen LogP contribution is 2.34. The summed E-state index contributed by atoms with van der Waals surface area (Å²) in [4.78, 5) is 11.9. The highest BCUT2D eigenvalue weighted by molar-refractivity contribution is 5.93. The van der Waals surface area contributed by atoms with Crippen molar-refractivity contribution >= 4 is 5.97 Å². The minimum absolute atomic E-state index is 0.0202. The smallest absolute Gasteiger partial charge is 0.341 e. The number of para-hydroxylation sites is 1. The van der Waals surface area contributed by atoms with Gasteiger partial charge in [-0.1, -0.05) is 6.07 Å². The average molecular weight is 293 g/mol. The summed E-state index contributed by atoms with van der Waals surface area (Å²) in [7, 11) is 2.93. The minimum atomic E-state index is -0.415. The van der Waals surface area contributed by atoms with Crippen molar-refractivity contribution < 1.29 is 19.0 Å². The van der Waals surface area contributed by atoms with Crippen LogP contribution < -0.4 is 14.8 Å². The first-order chi connectivity index (χ1) is 10.2. The van der Waals surface area contributed by atoms with E-state index >= 15 is 0 Å². The summed E-state index contributed by atoms with van der Waals surface area (Å²) in [6.07, 6.45) is 2.17. The number of carbonyl (C=O) groups excluding carboxylic acids is 1. The summed E-state index contributed by atoms with van der Waals surface area (Å²) in [5, 5.41) is 3.34. The fourth-order valence-electron chi connectivity index (χ4n) is 2.66. The predicted octanol–water partition coefficient (Wildman–Crippen LogP) is 2.25. The lowest BCUT2D eigenvalue weighted by Crippen LogP contribution is -2.35. The molecule has 2 rings (SSSR count). The first kappa shape index (κ1) is 15.6. The van der Waals surface area contributed by atoms with Crippen molar-refractivity contribution in [2.45, 2.75) is 25.9 Å². The van der Waals surface area contributed by atoms with Crippen molar-refractivity contribution in [1.29, 1.82) is 0 Å². The first-order valence-corrected chi connectivity index (χ1v) is 7.30. The molecular formula is C16H23NO4. The number of carbonyl (C=O) groups is 1. The number of piperidine rings is 1. The van der Waals surface area contributed by atoms with Crippen molar-refractivity contribution in [3.05, 3.63) is 23.8 Å². The molecule has 0 aromatic heterocycles. The molecule has 0 amide bonds. The van der Waals surface area contributed by atoms with Crippen molar-refractivity contribution in [3.63, 3.8) is 0 Å². The zero-order chi connectivity index (χ0) is 15.2. The van der Waals surface area contributed by atoms with Crippen LogP contribution in [0.15, 0.2) is 18.2 Å². The van der Waals surface area contributed by atoms with Crippen LogP contribution in [-0.4, -0.2) is 39.4 Å². The summed E-state index contributed by atoms with van der Waals surface area (Å²) in [6, 6.07) is 5.24. The molecule has 1 unspecified atom stereocenters. The van der Waals surface area contributed by atoms with Crippen LogP contribution in [0.1, 0.15) is 30.1 Å². The second-order valence-corrected chi connectivity index (χ2v) is 5.24. The van der Waals surface area contributed by atoms with Gasteiger partial charge in [0.25, 0.3) is 0 Å². The number of nitrogens with one attached hydrogen (secondary N) is 1. The van der Waals surface area contributed by atoms with E-state index in [2.05, 4.69) is 5.32 Å². The Morgan fingerprint density at radius 3 is 2.62 bits per heavy atom. The van der Waals surface area contributed by atoms with Gasteiger partial charge in [-0.2, -0.15) is 0 Å². The zero-order valence-corrected chi connectivity index (χ0v) is 12.8. The van der Waals surface area contributed by atoms with Gasteiger partial charge in [0.2, 0.25) is 0 Å². The standard InChI is InChI=1S/C16H23NO4/c1-11(12-7-9-17-10-8-12)21-15-13(16(18)20-3)5-4-6-14(15)19-2/h4-6,11-12,17H,7-10H2,1-3H3. The van der Waals surface area contributed by atoms with Crippen LogP contribution in [0.25, 0.3) is 0 Å². The lowest BCUT2D eigenvalue weighted by molar-refractivity contribution is 0.0586. The summed E-state index contributed by atoms with van der Waals surface area (Å²) in [5.74, 6) is 1.08. The molecule has 5 nitrogen and oxygen atoms in total. The third-order valence-electron chi connectivity index (χ3n) is 3.96. The number of hydrogen-bond donors (Lipinski definition) is 1. The molecule has 0 spiro atoms. The van der Waals surface area contributed by atoms with E-state index in [0.717, 1.165) is 25.9 Å². The van der Waals surface area contributed by atoms with E-state index in [4.69, 9.17) is 14.2 Å². The number of esters is 1. The number of benzene rings is 1. The van der Waals surface area contributed by atoms with Crippen LogP contribution in [0.5, 0.6) is 11.5 Å². The van der Waals surface area contributed by atoms with Gasteiger partial charge in [-0.3, -0.25) is 0 Å². The van der Waals surface area contributed by atoms with E-state index < -0.39 is 5.97 Å². The monoisotopic (exact) mass is 293 g/mol. The van der Waals surface area contributed by atoms with Gasteiger partial charge in [-0.15, -0.1) is 0 Å². The highest BCUT2D eigenvalue weighted by Gasteiger charge is 2.25. The van der Waals surface area contributed by atoms with Crippen LogP contribution >= 0.6 is 0 Å². The second-order valence-electron chi connectivity index (χ2n) is 5.24. The molecule has 1 aromatic carbocycles. The predicted molar refractivity (Wildman–Crippen MR) is 80.0 cm³/mol. The molecular weight excluding hydrogens is 270 g/mol. The minimum Gasteiger partial charge on any atom is -0.493 e. The van der Waals surface area contributed by atoms with E-state index in [-0.39, 0.29) is 6.10 Å². The Morgan fingerprint density at radius 1 is 1.29 bits per heavy atom. The Balaban J connectivity index is 2.22. The van der Waals surface area contributed by atoms with Crippen molar-refractivity contribution in [1.82, 2.24) is 5.32 Å². The molecule has 116 valence electrons. The average Bonchev–Trinajstić information content (AvgIpc) is 2.55. The van der Waals surface area contributed by atoms with Gasteiger partial charge in [0.15, 0.2) is 11.5 Å². The summed E-state index contributed by atoms with van der Waals surface area (Å²) in [5.41, 5.74) is 0.401. The number of methoxy groups -OCH3 is 2. The topological polar surface area (TPSA) is 56.8 Å². The molecule has 1 aromatic rings. The molecule has 1 atom stereocenters. The Kier molecular flexibility index (Phi) is 5.44. The van der Waals surface area contributed by atoms with Crippen molar-refractivity contribution in [2.75, 3.05) is 27.3 Å². The highest BCUT2D eigenvalue weighted by atomic mass is 16.5. The molecule has 5 heteroatoms. The molecule has 1 aliphatic rings. The molecule has 1 N–H and O–H groups in total. The first-order valence-electron chi connectivity index (χ1n) is 7.30. The van der Waals surface area contributed by atoms with E-state index in [1.807, 2.05) is 6.92 Å². The van der Waals surface area contributed by atoms with E-state index in [0.29, 0.717) is 23.0 Å². The summed E-state index contributed by atoms with van der Waals surface area (Å²) < 4.78 is 16.2. The maximum atomic E-state index is 11.9. The Hall–Kier alpha value is -1.75. The Morgan fingerprint density at radius 2 is 2.00 bits per heavy atom. The number of ether oxygens (including phenoxy) is 3. The van der Waals surface area contributed by atoms with Gasteiger partial charge in [0, 0.05) is 0 Å². The van der Waals surface area contributed by atoms with Crippen molar-refractivity contribution in [2.24, 2.45) is 5.92 Å². The number of rotatable bonds is 5. The normalized spacial score (nSPS) is 17.1. The molecule has 21 heavy (non-hydrogen) atoms. The van der Waals surface area contributed by atoms with Gasteiger partial charge in [-0.05, 0) is 50.9 Å². The third kappa shape index (κ3) is 3.67. The lowest BCUT2D eigenvalue weighted by atomic mass is 9.93. The van der Waals surface area contributed by atoms with E-state index in [9.17, 15) is 4.79 Å². The fourth-order valence-corrected chi connectivity index (χ4v) is 2.66. The maximum Gasteiger partial charge on any atom is 0.341 e. The van der Waals surface area contributed by atoms with Gasteiger partial charge in [0.05, 0.1) is 20.3 Å². The van der Waals surface area contributed by atoms with Gasteiger partial charge >= 0.3 is 5.97 Å². The summed E-state index contributed by atoms with van der Waals surface area (Å²) >= 11 is 0. The van der Waals surface area contributed by atoms with Gasteiger partial charge in [0.1, 0.15) is 5.56 Å². The third-order valence-corrected chi connectivity index (χ3v) is 3.96. The molecule has 0 aliphatic carbocycles. The van der Waals surface area contributed by atoms with Crippen LogP contribution in [-0.2, 0) is 4.74 Å². The lowest BCUT2D eigenvalue weighted by Gasteiger charge is -2.29. The molecule has 0 saturated carbocycles. The van der Waals surface area contributed by atoms with Gasteiger partial charge < -0.3 is 19.5 Å². The zero-order valence-electron chi connectivity index (χ0n) is 12.8. The van der Waals surface area contributed by atoms with Crippen LogP contribution in [0.4, 0.5) is 0 Å². The van der Waals surface area contributed by atoms with E-state index in [1.54, 1.807) is 25.3 Å².